The molecule has 0 saturated heterocycles. The fraction of sp³-hybridized carbons (Fsp3) is 0.261. The molecule has 3 rings (SSSR count). The second-order valence-electron chi connectivity index (χ2n) is 7.22. The first kappa shape index (κ1) is 23.9. The number of carbonyl (C=O) groups is 3. The Morgan fingerprint density at radius 3 is 2.58 bits per heavy atom. The molecule has 172 valence electrons. The molecular formula is C23H25N5O4S. The number of aryl methyl sites for hydroxylation is 1. The Labute approximate surface area is 196 Å². The van der Waals surface area contributed by atoms with E-state index in [-0.39, 0.29) is 24.9 Å². The predicted molar refractivity (Wildman–Crippen MR) is 125 cm³/mol. The van der Waals surface area contributed by atoms with Crippen molar-refractivity contribution in [3.8, 4) is 0 Å². The standard InChI is InChI=1S/C23H25N5O4S/c1-4-27-19(13-24-21(30)18-11-6-5-8-15(18)2)26-28(23(27)33)14-20(29)25-17-10-7-9-16(12-17)22(31)32-3/h5-12H,4,13-14H2,1-3H3,(H,24,30)(H,25,29). The summed E-state index contributed by atoms with van der Waals surface area (Å²) in [6.45, 7) is 4.37. The maximum absolute atomic E-state index is 12.6. The van der Waals surface area contributed by atoms with Crippen LogP contribution < -0.4 is 10.6 Å². The number of hydrogen-bond donors (Lipinski definition) is 2. The molecule has 10 heteroatoms. The van der Waals surface area contributed by atoms with Gasteiger partial charge in [0.15, 0.2) is 10.6 Å². The average molecular weight is 468 g/mol. The van der Waals surface area contributed by atoms with Gasteiger partial charge in [-0.25, -0.2) is 9.48 Å². The van der Waals surface area contributed by atoms with Gasteiger partial charge in [0.2, 0.25) is 5.91 Å². The highest BCUT2D eigenvalue weighted by Crippen LogP contribution is 2.12. The van der Waals surface area contributed by atoms with Crippen LogP contribution in [-0.2, 0) is 29.2 Å². The molecule has 2 aromatic carbocycles. The Hall–Kier alpha value is -3.79. The smallest absolute Gasteiger partial charge is 0.337 e. The van der Waals surface area contributed by atoms with Gasteiger partial charge in [-0.15, -0.1) is 0 Å². The molecule has 0 aliphatic rings. The van der Waals surface area contributed by atoms with Crippen molar-refractivity contribution in [1.29, 1.82) is 0 Å². The number of carbonyl (C=O) groups excluding carboxylic acids is 3. The van der Waals surface area contributed by atoms with Crippen LogP contribution in [0.5, 0.6) is 0 Å². The van der Waals surface area contributed by atoms with Crippen molar-refractivity contribution >= 4 is 35.7 Å². The molecule has 0 saturated carbocycles. The number of aromatic nitrogens is 3. The number of ether oxygens (including phenoxy) is 1. The minimum atomic E-state index is -0.493. The largest absolute Gasteiger partial charge is 0.465 e. The first-order chi connectivity index (χ1) is 15.8. The molecule has 0 bridgehead atoms. The van der Waals surface area contributed by atoms with Crippen LogP contribution in [0.25, 0.3) is 0 Å². The number of esters is 1. The van der Waals surface area contributed by atoms with Crippen LogP contribution in [-0.4, -0.2) is 39.2 Å². The van der Waals surface area contributed by atoms with E-state index in [4.69, 9.17) is 17.0 Å². The zero-order valence-corrected chi connectivity index (χ0v) is 19.4. The van der Waals surface area contributed by atoms with Crippen LogP contribution in [0.15, 0.2) is 48.5 Å². The second-order valence-corrected chi connectivity index (χ2v) is 7.58. The Balaban J connectivity index is 1.70. The van der Waals surface area contributed by atoms with Crippen molar-refractivity contribution < 1.29 is 19.1 Å². The van der Waals surface area contributed by atoms with Gasteiger partial charge in [-0.05, 0) is 55.9 Å². The zero-order valence-electron chi connectivity index (χ0n) is 18.6. The monoisotopic (exact) mass is 467 g/mol. The topological polar surface area (TPSA) is 107 Å². The lowest BCUT2D eigenvalue weighted by Crippen LogP contribution is -2.25. The Bertz CT molecular complexity index is 1250. The van der Waals surface area contributed by atoms with E-state index >= 15 is 0 Å². The van der Waals surface area contributed by atoms with Crippen LogP contribution in [0, 0.1) is 11.7 Å². The van der Waals surface area contributed by atoms with Gasteiger partial charge >= 0.3 is 5.97 Å². The SMILES string of the molecule is CCn1c(CNC(=O)c2ccccc2C)nn(CC(=O)Nc2cccc(C(=O)OC)c2)c1=S. The van der Waals surface area contributed by atoms with E-state index in [9.17, 15) is 14.4 Å². The van der Waals surface area contributed by atoms with Gasteiger partial charge in [-0.2, -0.15) is 5.10 Å². The van der Waals surface area contributed by atoms with Crippen molar-refractivity contribution in [3.63, 3.8) is 0 Å². The molecule has 3 aromatic rings. The van der Waals surface area contributed by atoms with Gasteiger partial charge < -0.3 is 19.9 Å². The molecule has 9 nitrogen and oxygen atoms in total. The third-order valence-corrected chi connectivity index (χ3v) is 5.40. The highest BCUT2D eigenvalue weighted by molar-refractivity contribution is 7.71. The number of anilines is 1. The number of benzene rings is 2. The van der Waals surface area contributed by atoms with Gasteiger partial charge in [0, 0.05) is 17.8 Å². The van der Waals surface area contributed by atoms with Crippen molar-refractivity contribution in [1.82, 2.24) is 19.7 Å². The van der Waals surface area contributed by atoms with Crippen LogP contribution >= 0.6 is 12.2 Å². The minimum Gasteiger partial charge on any atom is -0.465 e. The zero-order chi connectivity index (χ0) is 24.0. The third-order valence-electron chi connectivity index (χ3n) is 4.97. The maximum atomic E-state index is 12.6. The van der Waals surface area contributed by atoms with Crippen LogP contribution in [0.1, 0.15) is 39.0 Å². The molecule has 0 atom stereocenters. The van der Waals surface area contributed by atoms with Crippen LogP contribution in [0.3, 0.4) is 0 Å². The number of nitrogens with one attached hydrogen (secondary N) is 2. The highest BCUT2D eigenvalue weighted by Gasteiger charge is 2.15. The molecule has 0 fully saturated rings. The van der Waals surface area contributed by atoms with Gasteiger partial charge in [-0.3, -0.25) is 9.59 Å². The summed E-state index contributed by atoms with van der Waals surface area (Å²) >= 11 is 5.47. The molecule has 0 spiro atoms. The molecule has 0 aliphatic carbocycles. The number of amides is 2. The first-order valence-electron chi connectivity index (χ1n) is 10.3. The van der Waals surface area contributed by atoms with E-state index in [0.717, 1.165) is 5.56 Å². The summed E-state index contributed by atoms with van der Waals surface area (Å²) in [7, 11) is 1.29. The van der Waals surface area contributed by atoms with Gasteiger partial charge in [0.05, 0.1) is 19.2 Å². The van der Waals surface area contributed by atoms with E-state index < -0.39 is 5.97 Å². The van der Waals surface area contributed by atoms with Crippen molar-refractivity contribution in [2.24, 2.45) is 0 Å². The van der Waals surface area contributed by atoms with E-state index in [1.165, 1.54) is 17.9 Å². The third kappa shape index (κ3) is 5.72. The summed E-state index contributed by atoms with van der Waals surface area (Å²) in [4.78, 5) is 36.8. The van der Waals surface area contributed by atoms with Crippen molar-refractivity contribution in [2.75, 3.05) is 12.4 Å². The lowest BCUT2D eigenvalue weighted by molar-refractivity contribution is -0.116. The summed E-state index contributed by atoms with van der Waals surface area (Å²) in [5, 5.41) is 10.0. The van der Waals surface area contributed by atoms with Crippen LogP contribution in [0.4, 0.5) is 5.69 Å². The van der Waals surface area contributed by atoms with Crippen molar-refractivity contribution in [3.05, 3.63) is 75.8 Å². The molecule has 2 amide bonds. The molecule has 1 aromatic heterocycles. The van der Waals surface area contributed by atoms with E-state index in [1.807, 2.05) is 32.0 Å². The molecular weight excluding hydrogens is 442 g/mol. The first-order valence-corrected chi connectivity index (χ1v) is 10.7. The molecule has 0 unspecified atom stereocenters. The Morgan fingerprint density at radius 1 is 1.12 bits per heavy atom. The Morgan fingerprint density at radius 2 is 1.88 bits per heavy atom. The van der Waals surface area contributed by atoms with Crippen molar-refractivity contribution in [2.45, 2.75) is 33.5 Å². The lowest BCUT2D eigenvalue weighted by Gasteiger charge is -2.07. The molecule has 33 heavy (non-hydrogen) atoms. The summed E-state index contributed by atoms with van der Waals surface area (Å²) in [5.74, 6) is -0.513. The lowest BCUT2D eigenvalue weighted by atomic mass is 10.1. The summed E-state index contributed by atoms with van der Waals surface area (Å²) in [6, 6.07) is 13.8. The molecule has 0 aliphatic heterocycles. The van der Waals surface area contributed by atoms with Crippen LogP contribution in [0.2, 0.25) is 0 Å². The maximum Gasteiger partial charge on any atom is 0.337 e. The predicted octanol–water partition coefficient (Wildman–Crippen LogP) is 3.10. The number of nitrogens with zero attached hydrogens (tertiary/aromatic N) is 3. The van der Waals surface area contributed by atoms with E-state index in [1.54, 1.807) is 28.8 Å². The van der Waals surface area contributed by atoms with Gasteiger partial charge in [-0.1, -0.05) is 24.3 Å². The van der Waals surface area contributed by atoms with E-state index in [2.05, 4.69) is 15.7 Å². The Kier molecular flexibility index (Phi) is 7.73. The highest BCUT2D eigenvalue weighted by atomic mass is 32.1. The molecule has 2 N–H and O–H groups in total. The quantitative estimate of drug-likeness (QED) is 0.389. The molecule has 1 heterocycles. The fourth-order valence-electron chi connectivity index (χ4n) is 3.30. The summed E-state index contributed by atoms with van der Waals surface area (Å²) in [5.41, 5.74) is 2.25. The number of methoxy groups -OCH3 is 1. The normalized spacial score (nSPS) is 10.5. The van der Waals surface area contributed by atoms with Gasteiger partial charge in [0.25, 0.3) is 5.91 Å². The second kappa shape index (κ2) is 10.7. The number of rotatable bonds is 8. The molecule has 0 radical (unpaired) electrons. The van der Waals surface area contributed by atoms with Gasteiger partial charge in [0.1, 0.15) is 6.54 Å². The fourth-order valence-corrected chi connectivity index (χ4v) is 3.64. The minimum absolute atomic E-state index is 0.118. The summed E-state index contributed by atoms with van der Waals surface area (Å²) < 4.78 is 8.24. The summed E-state index contributed by atoms with van der Waals surface area (Å²) in [6.07, 6.45) is 0. The van der Waals surface area contributed by atoms with E-state index in [0.29, 0.717) is 34.0 Å². The number of hydrogen-bond acceptors (Lipinski definition) is 6. The average Bonchev–Trinajstić information content (AvgIpc) is 3.11.